The van der Waals surface area contributed by atoms with Gasteiger partial charge in [-0.05, 0) is 6.42 Å². The molecule has 0 fully saturated rings. The number of carbonyl (C=O) groups is 2. The molecule has 0 unspecified atom stereocenters. The van der Waals surface area contributed by atoms with E-state index in [0.717, 1.165) is 0 Å². The van der Waals surface area contributed by atoms with Crippen molar-refractivity contribution in [1.82, 2.24) is 20.6 Å². The summed E-state index contributed by atoms with van der Waals surface area (Å²) >= 11 is 0. The third-order valence-electron chi connectivity index (χ3n) is 1.67. The number of carbonyl (C=O) groups excluding carboxylic acids is 2. The first-order valence-corrected chi connectivity index (χ1v) is 4.81. The van der Waals surface area contributed by atoms with Gasteiger partial charge < -0.3 is 10.6 Å². The van der Waals surface area contributed by atoms with Gasteiger partial charge in [0.1, 0.15) is 0 Å². The van der Waals surface area contributed by atoms with E-state index < -0.39 is 0 Å². The van der Waals surface area contributed by atoms with Crippen molar-refractivity contribution in [3.63, 3.8) is 0 Å². The Labute approximate surface area is 92.7 Å². The van der Waals surface area contributed by atoms with Crippen LogP contribution in [-0.4, -0.2) is 35.5 Å². The molecule has 3 N–H and O–H groups in total. The van der Waals surface area contributed by atoms with E-state index in [9.17, 15) is 9.59 Å². The molecular formula is C9H13N5O2. The molecule has 0 radical (unpaired) electrons. The monoisotopic (exact) mass is 223 g/mol. The fourth-order valence-corrected chi connectivity index (χ4v) is 0.975. The summed E-state index contributed by atoms with van der Waals surface area (Å²) in [5.41, 5.74) is 0. The highest BCUT2D eigenvalue weighted by molar-refractivity contribution is 5.87. The Morgan fingerprint density at radius 2 is 2.25 bits per heavy atom. The van der Waals surface area contributed by atoms with E-state index in [1.165, 1.54) is 18.6 Å². The van der Waals surface area contributed by atoms with Gasteiger partial charge in [0.15, 0.2) is 5.82 Å². The van der Waals surface area contributed by atoms with Crippen molar-refractivity contribution < 1.29 is 9.59 Å². The summed E-state index contributed by atoms with van der Waals surface area (Å²) in [6, 6.07) is -0.341. The fourth-order valence-electron chi connectivity index (χ4n) is 0.975. The van der Waals surface area contributed by atoms with Crippen LogP contribution >= 0.6 is 0 Å². The molecule has 0 atom stereocenters. The molecule has 1 aromatic heterocycles. The molecule has 1 heterocycles. The number of nitrogens with zero attached hydrogens (tertiary/aromatic N) is 2. The summed E-state index contributed by atoms with van der Waals surface area (Å²) in [6.07, 6.45) is 5.76. The molecule has 0 aromatic carbocycles. The topological polar surface area (TPSA) is 96.0 Å². The molecule has 0 aliphatic rings. The Balaban J connectivity index is 2.14. The van der Waals surface area contributed by atoms with Crippen molar-refractivity contribution in [1.29, 1.82) is 0 Å². The van der Waals surface area contributed by atoms with Crippen molar-refractivity contribution >= 4 is 18.3 Å². The van der Waals surface area contributed by atoms with Gasteiger partial charge in [0, 0.05) is 25.5 Å². The average molecular weight is 223 g/mol. The molecule has 0 bridgehead atoms. The van der Waals surface area contributed by atoms with Gasteiger partial charge in [-0.3, -0.25) is 15.1 Å². The molecular weight excluding hydrogens is 210 g/mol. The van der Waals surface area contributed by atoms with Crippen LogP contribution in [0.4, 0.5) is 10.6 Å². The second-order valence-electron chi connectivity index (χ2n) is 2.90. The minimum Gasteiger partial charge on any atom is -0.359 e. The number of hydrogen-bond donors (Lipinski definition) is 3. The summed E-state index contributed by atoms with van der Waals surface area (Å²) in [5, 5.41) is 7.63. The van der Waals surface area contributed by atoms with Crippen LogP contribution in [0.1, 0.15) is 6.42 Å². The zero-order valence-electron chi connectivity index (χ0n) is 8.64. The van der Waals surface area contributed by atoms with Crippen LogP contribution in [-0.2, 0) is 4.79 Å². The lowest BCUT2D eigenvalue weighted by molar-refractivity contribution is -0.109. The van der Waals surface area contributed by atoms with Crippen LogP contribution in [0.3, 0.4) is 0 Å². The third kappa shape index (κ3) is 4.89. The van der Waals surface area contributed by atoms with Crippen LogP contribution in [0.5, 0.6) is 0 Å². The van der Waals surface area contributed by atoms with Gasteiger partial charge >= 0.3 is 6.03 Å². The standard InChI is InChI=1S/C9H13N5O2/c15-7-11-2-1-3-13-9(16)14-8-6-10-4-5-12-8/h4-7H,1-3H2,(H,11,15)(H2,12,13,14,16). The maximum atomic E-state index is 11.3. The molecule has 1 aromatic rings. The summed E-state index contributed by atoms with van der Waals surface area (Å²) in [5.74, 6) is 0.394. The Bertz CT molecular complexity index is 330. The lowest BCUT2D eigenvalue weighted by Gasteiger charge is -2.05. The van der Waals surface area contributed by atoms with Gasteiger partial charge in [-0.1, -0.05) is 0 Å². The Morgan fingerprint density at radius 1 is 1.38 bits per heavy atom. The van der Waals surface area contributed by atoms with Gasteiger partial charge in [0.25, 0.3) is 0 Å². The number of aromatic nitrogens is 2. The van der Waals surface area contributed by atoms with Crippen molar-refractivity contribution in [2.75, 3.05) is 18.4 Å². The first kappa shape index (κ1) is 11.9. The highest BCUT2D eigenvalue weighted by atomic mass is 16.2. The normalized spacial score (nSPS) is 9.25. The zero-order valence-corrected chi connectivity index (χ0v) is 8.64. The predicted octanol–water partition coefficient (Wildman–Crippen LogP) is -0.266. The van der Waals surface area contributed by atoms with Crippen molar-refractivity contribution in [2.45, 2.75) is 6.42 Å². The number of anilines is 1. The Morgan fingerprint density at radius 3 is 2.94 bits per heavy atom. The maximum Gasteiger partial charge on any atom is 0.320 e. The molecule has 7 heteroatoms. The van der Waals surface area contributed by atoms with E-state index >= 15 is 0 Å². The SMILES string of the molecule is O=CNCCCNC(=O)Nc1cnccn1. The van der Waals surface area contributed by atoms with Crippen molar-refractivity contribution in [2.24, 2.45) is 0 Å². The van der Waals surface area contributed by atoms with Crippen LogP contribution in [0, 0.1) is 0 Å². The average Bonchev–Trinajstić information content (AvgIpc) is 2.30. The van der Waals surface area contributed by atoms with E-state index in [2.05, 4.69) is 25.9 Å². The minimum absolute atomic E-state index is 0.341. The van der Waals surface area contributed by atoms with Crippen LogP contribution < -0.4 is 16.0 Å². The molecule has 1 rings (SSSR count). The second-order valence-corrected chi connectivity index (χ2v) is 2.90. The minimum atomic E-state index is -0.341. The van der Waals surface area contributed by atoms with Crippen molar-refractivity contribution in [3.8, 4) is 0 Å². The summed E-state index contributed by atoms with van der Waals surface area (Å²) in [6.45, 7) is 1.02. The molecule has 0 aliphatic heterocycles. The third-order valence-corrected chi connectivity index (χ3v) is 1.67. The lowest BCUT2D eigenvalue weighted by atomic mass is 10.4. The van der Waals surface area contributed by atoms with Gasteiger partial charge in [-0.2, -0.15) is 0 Å². The molecule has 3 amide bonds. The van der Waals surface area contributed by atoms with Gasteiger partial charge in [-0.25, -0.2) is 9.78 Å². The van der Waals surface area contributed by atoms with Crippen LogP contribution in [0.15, 0.2) is 18.6 Å². The molecule has 7 nitrogen and oxygen atoms in total. The predicted molar refractivity (Wildman–Crippen MR) is 57.7 cm³/mol. The lowest BCUT2D eigenvalue weighted by Crippen LogP contribution is -2.31. The summed E-state index contributed by atoms with van der Waals surface area (Å²) in [7, 11) is 0. The number of rotatable bonds is 6. The smallest absolute Gasteiger partial charge is 0.320 e. The number of nitrogens with one attached hydrogen (secondary N) is 3. The van der Waals surface area contributed by atoms with Crippen LogP contribution in [0.25, 0.3) is 0 Å². The maximum absolute atomic E-state index is 11.3. The second kappa shape index (κ2) is 7.16. The quantitative estimate of drug-likeness (QED) is 0.457. The molecule has 0 saturated carbocycles. The van der Waals surface area contributed by atoms with Gasteiger partial charge in [-0.15, -0.1) is 0 Å². The van der Waals surface area contributed by atoms with E-state index in [1.54, 1.807) is 0 Å². The van der Waals surface area contributed by atoms with E-state index in [1.807, 2.05) is 0 Å². The first-order chi connectivity index (χ1) is 7.83. The highest BCUT2D eigenvalue weighted by Crippen LogP contribution is 1.95. The largest absolute Gasteiger partial charge is 0.359 e. The van der Waals surface area contributed by atoms with E-state index in [0.29, 0.717) is 31.7 Å². The molecule has 0 aliphatic carbocycles. The van der Waals surface area contributed by atoms with Gasteiger partial charge in [0.2, 0.25) is 6.41 Å². The van der Waals surface area contributed by atoms with Crippen LogP contribution in [0.2, 0.25) is 0 Å². The fraction of sp³-hybridized carbons (Fsp3) is 0.333. The molecule has 0 spiro atoms. The van der Waals surface area contributed by atoms with E-state index in [4.69, 9.17) is 0 Å². The zero-order chi connectivity index (χ0) is 11.6. The Hall–Kier alpha value is -2.18. The van der Waals surface area contributed by atoms with E-state index in [-0.39, 0.29) is 6.03 Å². The first-order valence-electron chi connectivity index (χ1n) is 4.81. The Kier molecular flexibility index (Phi) is 5.32. The summed E-state index contributed by atoms with van der Waals surface area (Å²) in [4.78, 5) is 28.9. The van der Waals surface area contributed by atoms with Crippen molar-refractivity contribution in [3.05, 3.63) is 18.6 Å². The molecule has 0 saturated heterocycles. The molecule has 16 heavy (non-hydrogen) atoms. The summed E-state index contributed by atoms with van der Waals surface area (Å²) < 4.78 is 0. The highest BCUT2D eigenvalue weighted by Gasteiger charge is 2.00. The number of hydrogen-bond acceptors (Lipinski definition) is 4. The number of amides is 3. The van der Waals surface area contributed by atoms with Gasteiger partial charge in [0.05, 0.1) is 6.20 Å². The number of urea groups is 1. The molecule has 86 valence electrons.